The van der Waals surface area contributed by atoms with Crippen LogP contribution in [0.3, 0.4) is 0 Å². The molecular formula is C18H22N2O. The van der Waals surface area contributed by atoms with Crippen molar-refractivity contribution in [3.63, 3.8) is 0 Å². The first kappa shape index (κ1) is 15.2. The maximum atomic E-state index is 12.2. The highest BCUT2D eigenvalue weighted by Crippen LogP contribution is 2.19. The van der Waals surface area contributed by atoms with Gasteiger partial charge < -0.3 is 5.11 Å². The van der Waals surface area contributed by atoms with E-state index in [4.69, 9.17) is 0 Å². The van der Waals surface area contributed by atoms with E-state index in [1.807, 2.05) is 30.5 Å². The third-order valence-corrected chi connectivity index (χ3v) is 3.10. The molecule has 0 N–H and O–H groups in total. The maximum absolute atomic E-state index is 12.2. The van der Waals surface area contributed by atoms with Crippen LogP contribution in [-0.2, 0) is 6.42 Å². The Morgan fingerprint density at radius 3 is 2.43 bits per heavy atom. The Labute approximate surface area is 126 Å². The molecule has 2 aromatic rings. The van der Waals surface area contributed by atoms with Crippen LogP contribution in [0.4, 0.5) is 0 Å². The first-order valence-corrected chi connectivity index (χ1v) is 7.18. The standard InChI is InChI=1S/C18H22N2O/c1-14-10-11-20(16(12-14)13-18(2,3)4)19-17(21)15-8-6-5-7-9-15/h5-12H,13H2,1-4H3. The maximum Gasteiger partial charge on any atom is 0.215 e. The Kier molecular flexibility index (Phi) is 4.41. The quantitative estimate of drug-likeness (QED) is 0.484. The number of aromatic nitrogens is 1. The number of rotatable bonds is 3. The van der Waals surface area contributed by atoms with Gasteiger partial charge in [0.1, 0.15) is 0 Å². The second-order valence-electron chi connectivity index (χ2n) is 6.55. The minimum Gasteiger partial charge on any atom is -0.854 e. The van der Waals surface area contributed by atoms with Crippen molar-refractivity contribution in [2.75, 3.05) is 0 Å². The normalized spacial score (nSPS) is 12.5. The van der Waals surface area contributed by atoms with E-state index in [0.29, 0.717) is 5.56 Å². The van der Waals surface area contributed by atoms with Crippen molar-refractivity contribution in [1.29, 1.82) is 0 Å². The van der Waals surface area contributed by atoms with Crippen molar-refractivity contribution >= 4 is 5.90 Å². The Morgan fingerprint density at radius 1 is 1.14 bits per heavy atom. The van der Waals surface area contributed by atoms with Gasteiger partial charge in [-0.05, 0) is 28.6 Å². The molecule has 21 heavy (non-hydrogen) atoms. The zero-order valence-corrected chi connectivity index (χ0v) is 13.1. The summed E-state index contributed by atoms with van der Waals surface area (Å²) in [4.78, 5) is 0. The highest BCUT2D eigenvalue weighted by atomic mass is 16.3. The van der Waals surface area contributed by atoms with Gasteiger partial charge in [0.15, 0.2) is 0 Å². The van der Waals surface area contributed by atoms with Gasteiger partial charge in [-0.2, -0.15) is 0 Å². The van der Waals surface area contributed by atoms with Gasteiger partial charge in [-0.25, -0.2) is 0 Å². The van der Waals surface area contributed by atoms with Gasteiger partial charge in [-0.1, -0.05) is 55.8 Å². The molecule has 0 aliphatic heterocycles. The van der Waals surface area contributed by atoms with Crippen LogP contribution in [0.2, 0.25) is 0 Å². The Bertz CT molecular complexity index is 640. The minimum absolute atomic E-state index is 0.140. The van der Waals surface area contributed by atoms with Crippen LogP contribution < -0.4 is 9.78 Å². The van der Waals surface area contributed by atoms with E-state index < -0.39 is 0 Å². The first-order chi connectivity index (χ1) is 9.85. The molecule has 1 aromatic heterocycles. The number of hydrogen-bond acceptors (Lipinski definition) is 2. The van der Waals surface area contributed by atoms with Crippen LogP contribution >= 0.6 is 0 Å². The summed E-state index contributed by atoms with van der Waals surface area (Å²) in [5, 5.41) is 16.5. The molecule has 0 amide bonds. The molecule has 0 spiro atoms. The summed E-state index contributed by atoms with van der Waals surface area (Å²) < 4.78 is 1.70. The highest BCUT2D eigenvalue weighted by molar-refractivity contribution is 5.89. The topological polar surface area (TPSA) is 39.3 Å². The smallest absolute Gasteiger partial charge is 0.215 e. The van der Waals surface area contributed by atoms with E-state index in [0.717, 1.165) is 12.1 Å². The number of pyridine rings is 1. The summed E-state index contributed by atoms with van der Waals surface area (Å²) in [6, 6.07) is 13.2. The summed E-state index contributed by atoms with van der Waals surface area (Å²) >= 11 is 0. The summed E-state index contributed by atoms with van der Waals surface area (Å²) in [7, 11) is 0. The van der Waals surface area contributed by atoms with Crippen molar-refractivity contribution in [2.45, 2.75) is 34.1 Å². The van der Waals surface area contributed by atoms with Crippen LogP contribution in [0.25, 0.3) is 0 Å². The summed E-state index contributed by atoms with van der Waals surface area (Å²) in [5.74, 6) is -0.223. The van der Waals surface area contributed by atoms with Crippen LogP contribution in [-0.4, -0.2) is 5.90 Å². The van der Waals surface area contributed by atoms with Gasteiger partial charge in [0.05, 0.1) is 5.90 Å². The summed E-state index contributed by atoms with van der Waals surface area (Å²) in [6.07, 6.45) is 2.72. The molecule has 110 valence electrons. The lowest BCUT2D eigenvalue weighted by atomic mass is 9.90. The molecule has 0 unspecified atom stereocenters. The second kappa shape index (κ2) is 6.08. The molecule has 0 saturated carbocycles. The van der Waals surface area contributed by atoms with Gasteiger partial charge >= 0.3 is 0 Å². The molecule has 0 bridgehead atoms. The summed E-state index contributed by atoms with van der Waals surface area (Å²) in [5.41, 5.74) is 2.97. The van der Waals surface area contributed by atoms with E-state index >= 15 is 0 Å². The predicted molar refractivity (Wildman–Crippen MR) is 82.9 cm³/mol. The molecule has 2 rings (SSSR count). The van der Waals surface area contributed by atoms with Crippen molar-refractivity contribution in [2.24, 2.45) is 10.5 Å². The third-order valence-electron chi connectivity index (χ3n) is 3.10. The van der Waals surface area contributed by atoms with E-state index in [2.05, 4.69) is 38.9 Å². The molecule has 1 aromatic carbocycles. The first-order valence-electron chi connectivity index (χ1n) is 7.18. The molecule has 0 fully saturated rings. The lowest BCUT2D eigenvalue weighted by Gasteiger charge is -2.16. The fourth-order valence-electron chi connectivity index (χ4n) is 2.17. The fraction of sp³-hybridized carbons (Fsp3) is 0.333. The van der Waals surface area contributed by atoms with Crippen LogP contribution in [0.15, 0.2) is 53.8 Å². The number of benzene rings is 1. The largest absolute Gasteiger partial charge is 0.854 e. The zero-order chi connectivity index (χ0) is 15.5. The fourth-order valence-corrected chi connectivity index (χ4v) is 2.17. The monoisotopic (exact) mass is 282 g/mol. The van der Waals surface area contributed by atoms with E-state index in [1.165, 1.54) is 5.56 Å². The molecular weight excluding hydrogens is 260 g/mol. The second-order valence-corrected chi connectivity index (χ2v) is 6.55. The molecule has 1 heterocycles. The average Bonchev–Trinajstić information content (AvgIpc) is 2.41. The molecule has 0 atom stereocenters. The zero-order valence-electron chi connectivity index (χ0n) is 13.1. The van der Waals surface area contributed by atoms with Gasteiger partial charge in [0.2, 0.25) is 11.9 Å². The Balaban J connectivity index is 2.40. The van der Waals surface area contributed by atoms with Crippen molar-refractivity contribution in [1.82, 2.24) is 0 Å². The van der Waals surface area contributed by atoms with Crippen LogP contribution in [0.1, 0.15) is 37.6 Å². The molecule has 3 nitrogen and oxygen atoms in total. The lowest BCUT2D eigenvalue weighted by Crippen LogP contribution is -2.39. The van der Waals surface area contributed by atoms with Crippen molar-refractivity contribution < 1.29 is 9.78 Å². The highest BCUT2D eigenvalue weighted by Gasteiger charge is 2.20. The van der Waals surface area contributed by atoms with Crippen molar-refractivity contribution in [3.8, 4) is 0 Å². The lowest BCUT2D eigenvalue weighted by molar-refractivity contribution is -0.689. The van der Waals surface area contributed by atoms with Gasteiger partial charge in [-0.15, -0.1) is 0 Å². The molecule has 0 aliphatic rings. The Hall–Kier alpha value is -2.16. The van der Waals surface area contributed by atoms with Crippen LogP contribution in [0.5, 0.6) is 0 Å². The van der Waals surface area contributed by atoms with E-state index in [1.54, 1.807) is 16.8 Å². The Morgan fingerprint density at radius 2 is 1.81 bits per heavy atom. The minimum atomic E-state index is -0.223. The average molecular weight is 282 g/mol. The molecule has 0 radical (unpaired) electrons. The SMILES string of the molecule is Cc1cc[n+](/N=C(\[O-])c2ccccc2)c(CC(C)(C)C)c1. The van der Waals surface area contributed by atoms with E-state index in [9.17, 15) is 5.11 Å². The van der Waals surface area contributed by atoms with Gasteiger partial charge in [0.25, 0.3) is 0 Å². The predicted octanol–water partition coefficient (Wildman–Crippen LogP) is 2.44. The van der Waals surface area contributed by atoms with Gasteiger partial charge in [0, 0.05) is 18.6 Å². The number of aryl methyl sites for hydroxylation is 1. The van der Waals surface area contributed by atoms with Crippen LogP contribution in [0, 0.1) is 12.3 Å². The van der Waals surface area contributed by atoms with Gasteiger partial charge in [-0.3, -0.25) is 0 Å². The van der Waals surface area contributed by atoms with Crippen molar-refractivity contribution in [3.05, 3.63) is 65.5 Å². The van der Waals surface area contributed by atoms with E-state index in [-0.39, 0.29) is 11.3 Å². The summed E-state index contributed by atoms with van der Waals surface area (Å²) in [6.45, 7) is 8.59. The molecule has 0 saturated heterocycles. The number of nitrogens with zero attached hydrogens (tertiary/aromatic N) is 2. The third kappa shape index (κ3) is 4.42. The molecule has 3 heteroatoms. The molecule has 0 aliphatic carbocycles. The number of hydrogen-bond donors (Lipinski definition) is 0.